The maximum Gasteiger partial charge on any atom is 0.460 e. The Labute approximate surface area is 189 Å². The Bertz CT molecular complexity index is 871. The van der Waals surface area contributed by atoms with Crippen molar-refractivity contribution >= 4 is 25.9 Å². The van der Waals surface area contributed by atoms with Crippen LogP contribution in [0.4, 0.5) is 83.4 Å². The van der Waals surface area contributed by atoms with Crippen LogP contribution in [0.25, 0.3) is 0 Å². The lowest BCUT2D eigenvalue weighted by molar-refractivity contribution is -0.469. The van der Waals surface area contributed by atoms with Crippen LogP contribution < -0.4 is 0 Å². The molecular weight excluding hydrogens is 632 g/mol. The minimum atomic E-state index is -8.94. The van der Waals surface area contributed by atoms with Gasteiger partial charge >= 0.3 is 53.6 Å². The van der Waals surface area contributed by atoms with Crippen molar-refractivity contribution in [2.24, 2.45) is 9.03 Å². The highest BCUT2D eigenvalue weighted by atomic mass is 31.2. The third kappa shape index (κ3) is 4.75. The lowest BCUT2D eigenvalue weighted by Gasteiger charge is -2.43. The molecule has 1 heterocycles. The molecule has 0 aromatic rings. The van der Waals surface area contributed by atoms with Gasteiger partial charge in [0.05, 0.1) is 0 Å². The van der Waals surface area contributed by atoms with Crippen LogP contribution in [0.3, 0.4) is 0 Å². The molecule has 0 N–H and O–H groups in total. The van der Waals surface area contributed by atoms with E-state index in [9.17, 15) is 83.4 Å². The molecule has 0 spiro atoms. The highest BCUT2D eigenvalue weighted by molar-refractivity contribution is 7.55. The molecule has 212 valence electrons. The van der Waals surface area contributed by atoms with E-state index in [4.69, 9.17) is 0 Å². The average Bonchev–Trinajstić information content (AvgIpc) is 2.71. The zero-order valence-corrected chi connectivity index (χ0v) is 18.3. The van der Waals surface area contributed by atoms with Gasteiger partial charge < -0.3 is 0 Å². The smallest absolute Gasteiger partial charge is 0.277 e. The number of halogens is 19. The standard InChI is InChI=1S/C10H3F19N3OP3/c11-2(12,1-33-32-35-30-34-31-36-32)3(13,14)4(15,16)5(17,18)6(19,20)7(21,22)8(23,24)9(25,26)10(27,28)29/h35H,1H2. The molecular formula is C10H3F19N3OP3. The highest BCUT2D eigenvalue weighted by Gasteiger charge is 2.96. The van der Waals surface area contributed by atoms with Crippen molar-refractivity contribution in [1.82, 2.24) is 4.60 Å². The fraction of sp³-hybridized carbons (Fsp3) is 1.00. The van der Waals surface area contributed by atoms with Crippen LogP contribution in [0.2, 0.25) is 0 Å². The van der Waals surface area contributed by atoms with Crippen LogP contribution in [0.15, 0.2) is 9.03 Å². The van der Waals surface area contributed by atoms with Crippen LogP contribution in [-0.2, 0) is 4.84 Å². The third-order valence-corrected chi connectivity index (χ3v) is 6.36. The van der Waals surface area contributed by atoms with Crippen molar-refractivity contribution in [2.75, 3.05) is 6.61 Å². The van der Waals surface area contributed by atoms with Crippen molar-refractivity contribution in [3.8, 4) is 0 Å². The predicted molar refractivity (Wildman–Crippen MR) is 80.4 cm³/mol. The van der Waals surface area contributed by atoms with Crippen LogP contribution in [0.1, 0.15) is 0 Å². The molecule has 36 heavy (non-hydrogen) atoms. The number of hydrogen-bond acceptors (Lipinski definition) is 4. The molecule has 1 aliphatic heterocycles. The van der Waals surface area contributed by atoms with E-state index < -0.39 is 77.6 Å². The zero-order chi connectivity index (χ0) is 29.0. The second-order valence-electron chi connectivity index (χ2n) is 6.24. The first kappa shape index (κ1) is 33.2. The molecule has 26 heteroatoms. The van der Waals surface area contributed by atoms with E-state index in [1.165, 1.54) is 0 Å². The van der Waals surface area contributed by atoms with Gasteiger partial charge in [0, 0.05) is 0 Å². The van der Waals surface area contributed by atoms with Gasteiger partial charge in [0.2, 0.25) is 0 Å². The molecule has 1 aliphatic rings. The van der Waals surface area contributed by atoms with Crippen molar-refractivity contribution in [3.63, 3.8) is 0 Å². The van der Waals surface area contributed by atoms with Gasteiger partial charge in [-0.2, -0.15) is 87.9 Å². The minimum Gasteiger partial charge on any atom is -0.277 e. The van der Waals surface area contributed by atoms with Gasteiger partial charge in [0.25, 0.3) is 0 Å². The first-order valence-corrected chi connectivity index (χ1v) is 10.2. The summed E-state index contributed by atoms with van der Waals surface area (Å²) in [7, 11) is -1.65. The van der Waals surface area contributed by atoms with Gasteiger partial charge in [-0.15, -0.1) is 0 Å². The van der Waals surface area contributed by atoms with Crippen LogP contribution in [-0.4, -0.2) is 64.8 Å². The van der Waals surface area contributed by atoms with E-state index in [1.54, 1.807) is 0 Å². The molecule has 1 rings (SSSR count). The second-order valence-corrected chi connectivity index (χ2v) is 9.46. The summed E-state index contributed by atoms with van der Waals surface area (Å²) in [6, 6.07) is 0. The molecule has 0 amide bonds. The molecule has 0 aromatic carbocycles. The maximum atomic E-state index is 13.6. The fourth-order valence-corrected chi connectivity index (χ4v) is 4.37. The summed E-state index contributed by atoms with van der Waals surface area (Å²) in [5.41, 5.74) is 0. The van der Waals surface area contributed by atoms with Crippen molar-refractivity contribution in [3.05, 3.63) is 0 Å². The minimum absolute atomic E-state index is 0.0752. The summed E-state index contributed by atoms with van der Waals surface area (Å²) in [5.74, 6) is -66.9. The summed E-state index contributed by atoms with van der Waals surface area (Å²) >= 11 is 0. The number of rotatable bonds is 10. The molecule has 0 bridgehead atoms. The molecule has 0 aromatic heterocycles. The Morgan fingerprint density at radius 2 is 0.917 bits per heavy atom. The topological polar surface area (TPSA) is 37.2 Å². The van der Waals surface area contributed by atoms with E-state index in [1.807, 2.05) is 0 Å². The molecule has 0 saturated carbocycles. The predicted octanol–water partition coefficient (Wildman–Crippen LogP) is 8.48. The Hall–Kier alpha value is -0.780. The summed E-state index contributed by atoms with van der Waals surface area (Å²) < 4.78 is 257. The van der Waals surface area contributed by atoms with Crippen LogP contribution >= 0.6 is 25.9 Å². The Morgan fingerprint density at radius 3 is 1.25 bits per heavy atom. The molecule has 0 saturated heterocycles. The number of alkyl halides is 19. The SMILES string of the molecule is FC(F)(F)C(F)(F)C(F)(F)C(F)(F)C(F)(F)C(F)(F)C(F)(F)C(F)(F)C(F)(F)CON1P=NP=NP1. The van der Waals surface area contributed by atoms with E-state index >= 15 is 0 Å². The molecule has 0 fully saturated rings. The van der Waals surface area contributed by atoms with Gasteiger partial charge in [-0.25, -0.2) is 4.52 Å². The van der Waals surface area contributed by atoms with Crippen molar-refractivity contribution < 1.29 is 88.3 Å². The Morgan fingerprint density at radius 1 is 0.556 bits per heavy atom. The van der Waals surface area contributed by atoms with E-state index in [-0.39, 0.29) is 13.1 Å². The zero-order valence-electron chi connectivity index (χ0n) is 15.5. The molecule has 1 atom stereocenters. The van der Waals surface area contributed by atoms with Crippen molar-refractivity contribution in [1.29, 1.82) is 0 Å². The average molecular weight is 635 g/mol. The van der Waals surface area contributed by atoms with Crippen LogP contribution in [0, 0.1) is 0 Å². The monoisotopic (exact) mass is 635 g/mol. The normalized spacial score (nSPS) is 19.8. The van der Waals surface area contributed by atoms with Gasteiger partial charge in [-0.1, -0.05) is 4.60 Å². The summed E-state index contributed by atoms with van der Waals surface area (Å²) in [6.07, 6.45) is -7.91. The van der Waals surface area contributed by atoms with E-state index in [0.717, 1.165) is 0 Å². The largest absolute Gasteiger partial charge is 0.460 e. The first-order valence-electron chi connectivity index (χ1n) is 7.66. The summed E-state index contributed by atoms with van der Waals surface area (Å²) in [6.45, 7) is -3.10. The van der Waals surface area contributed by atoms with E-state index in [2.05, 4.69) is 13.9 Å². The van der Waals surface area contributed by atoms with Crippen molar-refractivity contribution in [2.45, 2.75) is 53.6 Å². The van der Waals surface area contributed by atoms with Crippen LogP contribution in [0.5, 0.6) is 0 Å². The third-order valence-electron chi connectivity index (χ3n) is 3.89. The Balaban J connectivity index is 3.50. The first-order chi connectivity index (χ1) is 15.6. The maximum absolute atomic E-state index is 13.6. The van der Waals surface area contributed by atoms with E-state index in [0.29, 0.717) is 0 Å². The van der Waals surface area contributed by atoms with Gasteiger partial charge in [-0.3, -0.25) is 4.84 Å². The second kappa shape index (κ2) is 9.45. The molecule has 4 nitrogen and oxygen atoms in total. The highest BCUT2D eigenvalue weighted by Crippen LogP contribution is 2.65. The summed E-state index contributed by atoms with van der Waals surface area (Å²) in [5, 5.41) is 0. The lowest BCUT2D eigenvalue weighted by atomic mass is 9.87. The molecule has 1 unspecified atom stereocenters. The number of nitrogens with zero attached hydrogens (tertiary/aromatic N) is 3. The summed E-state index contributed by atoms with van der Waals surface area (Å²) in [4.78, 5) is 3.78. The van der Waals surface area contributed by atoms with Gasteiger partial charge in [0.15, 0.2) is 8.52 Å². The number of hydrogen-bond donors (Lipinski definition) is 0. The Kier molecular flexibility index (Phi) is 8.73. The quantitative estimate of drug-likeness (QED) is 0.179. The van der Waals surface area contributed by atoms with Gasteiger partial charge in [-0.05, 0) is 0 Å². The fourth-order valence-electron chi connectivity index (χ4n) is 1.83. The lowest BCUT2D eigenvalue weighted by Crippen LogP contribution is -2.76. The molecule has 0 radical (unpaired) electrons. The van der Waals surface area contributed by atoms with Gasteiger partial charge in [0.1, 0.15) is 24.0 Å². The molecule has 0 aliphatic carbocycles.